The first-order valence-corrected chi connectivity index (χ1v) is 8.27. The van der Waals surface area contributed by atoms with Gasteiger partial charge in [0.05, 0.1) is 17.4 Å². The Labute approximate surface area is 143 Å². The van der Waals surface area contributed by atoms with Crippen LogP contribution in [0.3, 0.4) is 0 Å². The molecular formula is C16H17FN4O2S. The summed E-state index contributed by atoms with van der Waals surface area (Å²) < 4.78 is 19.0. The van der Waals surface area contributed by atoms with Crippen LogP contribution >= 0.6 is 11.8 Å². The third-order valence-electron chi connectivity index (χ3n) is 3.62. The molecule has 2 aromatic rings. The van der Waals surface area contributed by atoms with E-state index in [1.165, 1.54) is 12.1 Å². The Morgan fingerprint density at radius 1 is 1.46 bits per heavy atom. The van der Waals surface area contributed by atoms with Gasteiger partial charge in [-0.15, -0.1) is 10.2 Å². The molecule has 1 N–H and O–H groups in total. The van der Waals surface area contributed by atoms with Gasteiger partial charge >= 0.3 is 0 Å². The Morgan fingerprint density at radius 3 is 2.79 bits per heavy atom. The molecule has 1 amide bonds. The largest absolute Gasteiger partial charge is 0.411 e. The van der Waals surface area contributed by atoms with E-state index in [1.807, 2.05) is 13.8 Å². The van der Waals surface area contributed by atoms with Gasteiger partial charge in [0.1, 0.15) is 11.4 Å². The molecule has 0 bridgehead atoms. The summed E-state index contributed by atoms with van der Waals surface area (Å²) in [5.41, 5.74) is -0.733. The van der Waals surface area contributed by atoms with Crippen molar-refractivity contribution in [2.45, 2.75) is 31.5 Å². The number of carbonyl (C=O) groups is 1. The maximum Gasteiger partial charge on any atom is 0.277 e. The van der Waals surface area contributed by atoms with Gasteiger partial charge in [0, 0.05) is 0 Å². The van der Waals surface area contributed by atoms with E-state index in [0.29, 0.717) is 0 Å². The molecule has 0 aliphatic rings. The molecule has 0 fully saturated rings. The van der Waals surface area contributed by atoms with Crippen molar-refractivity contribution in [2.75, 3.05) is 5.75 Å². The molecule has 1 aromatic carbocycles. The highest BCUT2D eigenvalue weighted by Gasteiger charge is 2.30. The second-order valence-electron chi connectivity index (χ2n) is 5.66. The number of carbonyl (C=O) groups excluding carboxylic acids is 1. The maximum atomic E-state index is 13.7. The number of hydrogen-bond donors (Lipinski definition) is 1. The number of thioether (sulfide) groups is 1. The summed E-state index contributed by atoms with van der Waals surface area (Å²) in [4.78, 5) is 12.0. The molecule has 0 spiro atoms. The lowest BCUT2D eigenvalue weighted by atomic mass is 9.90. The van der Waals surface area contributed by atoms with Gasteiger partial charge in [0.2, 0.25) is 5.91 Å². The van der Waals surface area contributed by atoms with Crippen molar-refractivity contribution in [3.05, 3.63) is 30.1 Å². The molecular weight excluding hydrogens is 331 g/mol. The van der Waals surface area contributed by atoms with E-state index in [1.54, 1.807) is 19.1 Å². The van der Waals surface area contributed by atoms with E-state index in [-0.39, 0.29) is 34.3 Å². The zero-order chi connectivity index (χ0) is 17.7. The van der Waals surface area contributed by atoms with Gasteiger partial charge in [-0.1, -0.05) is 37.7 Å². The molecule has 126 valence electrons. The summed E-state index contributed by atoms with van der Waals surface area (Å²) in [6.45, 7) is 5.38. The highest BCUT2D eigenvalue weighted by atomic mass is 32.2. The number of benzene rings is 1. The monoisotopic (exact) mass is 348 g/mol. The SMILES string of the molecule is CC(C)[C@](C)(C#N)NC(=O)CSc1nnc(-c2ccccc2F)o1. The molecule has 2 rings (SSSR count). The zero-order valence-electron chi connectivity index (χ0n) is 13.5. The van der Waals surface area contributed by atoms with E-state index < -0.39 is 11.4 Å². The Bertz CT molecular complexity index is 771. The smallest absolute Gasteiger partial charge is 0.277 e. The van der Waals surface area contributed by atoms with Crippen LogP contribution in [0.4, 0.5) is 4.39 Å². The molecule has 0 saturated heterocycles. The standard InChI is InChI=1S/C16H17FN4O2S/c1-10(2)16(3,9-18)19-13(22)8-24-15-21-20-14(23-15)11-6-4-5-7-12(11)17/h4-7,10H,8H2,1-3H3,(H,19,22)/t16-/m0/s1. The molecule has 1 heterocycles. The second-order valence-corrected chi connectivity index (χ2v) is 6.59. The minimum atomic E-state index is -0.940. The van der Waals surface area contributed by atoms with Gasteiger partial charge in [-0.05, 0) is 25.0 Å². The predicted octanol–water partition coefficient (Wildman–Crippen LogP) is 3.02. The average molecular weight is 348 g/mol. The van der Waals surface area contributed by atoms with Crippen LogP contribution in [0.25, 0.3) is 11.5 Å². The first-order valence-electron chi connectivity index (χ1n) is 7.29. The highest BCUT2D eigenvalue weighted by molar-refractivity contribution is 7.99. The van der Waals surface area contributed by atoms with Crippen LogP contribution in [0, 0.1) is 23.1 Å². The van der Waals surface area contributed by atoms with Crippen LogP contribution in [0.5, 0.6) is 0 Å². The summed E-state index contributed by atoms with van der Waals surface area (Å²) >= 11 is 1.03. The third kappa shape index (κ3) is 4.11. The van der Waals surface area contributed by atoms with Gasteiger partial charge in [0.25, 0.3) is 11.1 Å². The van der Waals surface area contributed by atoms with Gasteiger partial charge in [-0.3, -0.25) is 4.79 Å². The predicted molar refractivity (Wildman–Crippen MR) is 87.4 cm³/mol. The van der Waals surface area contributed by atoms with Crippen LogP contribution in [-0.4, -0.2) is 27.4 Å². The molecule has 0 radical (unpaired) electrons. The minimum absolute atomic E-state index is 0.0168. The fourth-order valence-corrected chi connectivity index (χ4v) is 2.33. The maximum absolute atomic E-state index is 13.7. The van der Waals surface area contributed by atoms with Crippen molar-refractivity contribution < 1.29 is 13.6 Å². The molecule has 0 aliphatic carbocycles. The summed E-state index contributed by atoms with van der Waals surface area (Å²) in [6.07, 6.45) is 0. The lowest BCUT2D eigenvalue weighted by molar-refractivity contribution is -0.120. The van der Waals surface area contributed by atoms with Crippen molar-refractivity contribution >= 4 is 17.7 Å². The summed E-state index contributed by atoms with van der Waals surface area (Å²) in [7, 11) is 0. The van der Waals surface area contributed by atoms with Crippen molar-refractivity contribution in [2.24, 2.45) is 5.92 Å². The molecule has 24 heavy (non-hydrogen) atoms. The number of aromatic nitrogens is 2. The highest BCUT2D eigenvalue weighted by Crippen LogP contribution is 2.25. The number of hydrogen-bond acceptors (Lipinski definition) is 6. The molecule has 0 unspecified atom stereocenters. The number of halogens is 1. The van der Waals surface area contributed by atoms with E-state index in [0.717, 1.165) is 11.8 Å². The Morgan fingerprint density at radius 2 is 2.17 bits per heavy atom. The van der Waals surface area contributed by atoms with Gasteiger partial charge < -0.3 is 9.73 Å². The number of nitriles is 1. The molecule has 1 aromatic heterocycles. The number of nitrogens with one attached hydrogen (secondary N) is 1. The fraction of sp³-hybridized carbons (Fsp3) is 0.375. The van der Waals surface area contributed by atoms with Crippen LogP contribution in [0.15, 0.2) is 33.9 Å². The summed E-state index contributed by atoms with van der Waals surface area (Å²) in [5.74, 6) is -0.740. The average Bonchev–Trinajstić information content (AvgIpc) is 3.01. The Hall–Kier alpha value is -2.40. The van der Waals surface area contributed by atoms with E-state index >= 15 is 0 Å². The van der Waals surface area contributed by atoms with E-state index in [2.05, 4.69) is 21.6 Å². The molecule has 0 saturated carbocycles. The van der Waals surface area contributed by atoms with Crippen molar-refractivity contribution in [1.82, 2.24) is 15.5 Å². The van der Waals surface area contributed by atoms with Crippen LogP contribution in [0.2, 0.25) is 0 Å². The van der Waals surface area contributed by atoms with Crippen LogP contribution in [-0.2, 0) is 4.79 Å². The molecule has 8 heteroatoms. The lowest BCUT2D eigenvalue weighted by Gasteiger charge is -2.27. The summed E-state index contributed by atoms with van der Waals surface area (Å²) in [6, 6.07) is 8.17. The van der Waals surface area contributed by atoms with Crippen LogP contribution in [0.1, 0.15) is 20.8 Å². The first-order chi connectivity index (χ1) is 11.4. The quantitative estimate of drug-likeness (QED) is 0.807. The van der Waals surface area contributed by atoms with Crippen molar-refractivity contribution in [3.63, 3.8) is 0 Å². The fourth-order valence-electron chi connectivity index (χ4n) is 1.77. The summed E-state index contributed by atoms with van der Waals surface area (Å²) in [5, 5.41) is 19.6. The normalized spacial score (nSPS) is 13.3. The van der Waals surface area contributed by atoms with Crippen LogP contribution < -0.4 is 5.32 Å². The topological polar surface area (TPSA) is 91.8 Å². The Kier molecular flexibility index (Phi) is 5.57. The number of rotatable bonds is 6. The zero-order valence-corrected chi connectivity index (χ0v) is 14.4. The molecule has 0 aliphatic heterocycles. The lowest BCUT2D eigenvalue weighted by Crippen LogP contribution is -2.49. The third-order valence-corrected chi connectivity index (χ3v) is 4.44. The van der Waals surface area contributed by atoms with Gasteiger partial charge in [-0.25, -0.2) is 4.39 Å². The number of nitrogens with zero attached hydrogens (tertiary/aromatic N) is 3. The minimum Gasteiger partial charge on any atom is -0.411 e. The number of amides is 1. The molecule has 1 atom stereocenters. The van der Waals surface area contributed by atoms with Crippen molar-refractivity contribution in [3.8, 4) is 17.5 Å². The van der Waals surface area contributed by atoms with Crippen molar-refractivity contribution in [1.29, 1.82) is 5.26 Å². The Balaban J connectivity index is 1.98. The van der Waals surface area contributed by atoms with Gasteiger partial charge in [0.15, 0.2) is 0 Å². The van der Waals surface area contributed by atoms with E-state index in [4.69, 9.17) is 4.42 Å². The van der Waals surface area contributed by atoms with Gasteiger partial charge in [-0.2, -0.15) is 5.26 Å². The van der Waals surface area contributed by atoms with E-state index in [9.17, 15) is 14.4 Å². The second kappa shape index (κ2) is 7.45. The molecule has 6 nitrogen and oxygen atoms in total. The first kappa shape index (κ1) is 17.9.